The number of hydrogen-bond acceptors (Lipinski definition) is 3. The van der Waals surface area contributed by atoms with Crippen LogP contribution in [0, 0.1) is 13.8 Å². The maximum Gasteiger partial charge on any atom is 0.230 e. The summed E-state index contributed by atoms with van der Waals surface area (Å²) in [5, 5.41) is 2.95. The lowest BCUT2D eigenvalue weighted by atomic mass is 10.1. The quantitative estimate of drug-likeness (QED) is 0.852. The SMILES string of the molecule is Cc1cc(C)cc(CSCC(=O)NCCc2cccnc2)c1. The molecule has 4 heteroatoms. The van der Waals surface area contributed by atoms with Gasteiger partial charge in [-0.05, 0) is 37.5 Å². The summed E-state index contributed by atoms with van der Waals surface area (Å²) in [5.41, 5.74) is 4.98. The van der Waals surface area contributed by atoms with E-state index in [1.807, 2.05) is 18.3 Å². The van der Waals surface area contributed by atoms with Crippen LogP contribution in [-0.2, 0) is 17.0 Å². The molecule has 1 N–H and O–H groups in total. The van der Waals surface area contributed by atoms with Crippen molar-refractivity contribution in [1.82, 2.24) is 10.3 Å². The van der Waals surface area contributed by atoms with Crippen LogP contribution in [0.5, 0.6) is 0 Å². The number of benzene rings is 1. The lowest BCUT2D eigenvalue weighted by Crippen LogP contribution is -2.27. The van der Waals surface area contributed by atoms with Crippen molar-refractivity contribution in [3.8, 4) is 0 Å². The van der Waals surface area contributed by atoms with Crippen LogP contribution in [0.3, 0.4) is 0 Å². The van der Waals surface area contributed by atoms with E-state index in [0.717, 1.165) is 17.7 Å². The second-order valence-corrected chi connectivity index (χ2v) is 6.44. The number of aromatic nitrogens is 1. The van der Waals surface area contributed by atoms with E-state index >= 15 is 0 Å². The first kappa shape index (κ1) is 16.6. The summed E-state index contributed by atoms with van der Waals surface area (Å²) in [4.78, 5) is 15.9. The summed E-state index contributed by atoms with van der Waals surface area (Å²) in [7, 11) is 0. The van der Waals surface area contributed by atoms with Crippen molar-refractivity contribution in [2.24, 2.45) is 0 Å². The molecule has 0 saturated carbocycles. The molecule has 0 saturated heterocycles. The summed E-state index contributed by atoms with van der Waals surface area (Å²) in [6.45, 7) is 4.87. The first-order chi connectivity index (χ1) is 10.6. The first-order valence-corrected chi connectivity index (χ1v) is 8.59. The lowest BCUT2D eigenvalue weighted by Gasteiger charge is -2.06. The number of carbonyl (C=O) groups excluding carboxylic acids is 1. The molecule has 1 aromatic heterocycles. The van der Waals surface area contributed by atoms with Gasteiger partial charge in [0.15, 0.2) is 0 Å². The summed E-state index contributed by atoms with van der Waals surface area (Å²) in [5.74, 6) is 1.47. The summed E-state index contributed by atoms with van der Waals surface area (Å²) < 4.78 is 0. The van der Waals surface area contributed by atoms with Gasteiger partial charge < -0.3 is 5.32 Å². The van der Waals surface area contributed by atoms with E-state index in [-0.39, 0.29) is 5.91 Å². The molecule has 22 heavy (non-hydrogen) atoms. The van der Waals surface area contributed by atoms with Crippen LogP contribution < -0.4 is 5.32 Å². The topological polar surface area (TPSA) is 42.0 Å². The van der Waals surface area contributed by atoms with Crippen molar-refractivity contribution in [2.45, 2.75) is 26.0 Å². The Balaban J connectivity index is 1.65. The molecular formula is C18H22N2OS. The summed E-state index contributed by atoms with van der Waals surface area (Å²) >= 11 is 1.65. The normalized spacial score (nSPS) is 10.5. The number of pyridine rings is 1. The van der Waals surface area contributed by atoms with Crippen LogP contribution >= 0.6 is 11.8 Å². The predicted molar refractivity (Wildman–Crippen MR) is 93.0 cm³/mol. The molecule has 3 nitrogen and oxygen atoms in total. The third-order valence-corrected chi connectivity index (χ3v) is 4.25. The molecule has 0 bridgehead atoms. The van der Waals surface area contributed by atoms with Gasteiger partial charge in [-0.15, -0.1) is 11.8 Å². The molecule has 2 rings (SSSR count). The number of nitrogens with one attached hydrogen (secondary N) is 1. The number of aryl methyl sites for hydroxylation is 2. The summed E-state index contributed by atoms with van der Waals surface area (Å²) in [6, 6.07) is 10.5. The molecule has 0 aliphatic rings. The van der Waals surface area contributed by atoms with E-state index in [2.05, 4.69) is 42.3 Å². The number of thioether (sulfide) groups is 1. The molecule has 0 spiro atoms. The fourth-order valence-electron chi connectivity index (χ4n) is 2.36. The first-order valence-electron chi connectivity index (χ1n) is 7.44. The van der Waals surface area contributed by atoms with E-state index in [4.69, 9.17) is 0 Å². The fourth-order valence-corrected chi connectivity index (χ4v) is 3.15. The van der Waals surface area contributed by atoms with Crippen LogP contribution in [-0.4, -0.2) is 23.2 Å². The maximum atomic E-state index is 11.8. The van der Waals surface area contributed by atoms with Crippen molar-refractivity contribution in [3.05, 3.63) is 65.0 Å². The molecule has 0 unspecified atom stereocenters. The number of hydrogen-bond donors (Lipinski definition) is 1. The molecular weight excluding hydrogens is 292 g/mol. The average Bonchev–Trinajstić information content (AvgIpc) is 2.47. The Morgan fingerprint density at radius 1 is 1.18 bits per heavy atom. The van der Waals surface area contributed by atoms with Gasteiger partial charge in [0.05, 0.1) is 5.75 Å². The van der Waals surface area contributed by atoms with E-state index in [0.29, 0.717) is 12.3 Å². The van der Waals surface area contributed by atoms with E-state index in [9.17, 15) is 4.79 Å². The Morgan fingerprint density at radius 2 is 1.95 bits per heavy atom. The van der Waals surface area contributed by atoms with Crippen LogP contribution in [0.2, 0.25) is 0 Å². The van der Waals surface area contributed by atoms with Gasteiger partial charge in [-0.1, -0.05) is 35.4 Å². The molecule has 2 aromatic rings. The number of amides is 1. The van der Waals surface area contributed by atoms with Crippen LogP contribution in [0.1, 0.15) is 22.3 Å². The zero-order valence-corrected chi connectivity index (χ0v) is 14.0. The molecule has 0 aliphatic carbocycles. The van der Waals surface area contributed by atoms with Crippen LogP contribution in [0.15, 0.2) is 42.7 Å². The van der Waals surface area contributed by atoms with Crippen molar-refractivity contribution >= 4 is 17.7 Å². The highest BCUT2D eigenvalue weighted by Crippen LogP contribution is 2.15. The van der Waals surface area contributed by atoms with Gasteiger partial charge in [0, 0.05) is 24.7 Å². The van der Waals surface area contributed by atoms with E-state index in [1.54, 1.807) is 18.0 Å². The third kappa shape index (κ3) is 5.90. The zero-order valence-electron chi connectivity index (χ0n) is 13.1. The smallest absolute Gasteiger partial charge is 0.230 e. The van der Waals surface area contributed by atoms with Crippen molar-refractivity contribution in [3.63, 3.8) is 0 Å². The van der Waals surface area contributed by atoms with Gasteiger partial charge >= 0.3 is 0 Å². The largest absolute Gasteiger partial charge is 0.355 e. The Kier molecular flexibility index (Phi) is 6.46. The van der Waals surface area contributed by atoms with Gasteiger partial charge in [-0.2, -0.15) is 0 Å². The fraction of sp³-hybridized carbons (Fsp3) is 0.333. The number of nitrogens with zero attached hydrogens (tertiary/aromatic N) is 1. The second-order valence-electron chi connectivity index (χ2n) is 5.45. The molecule has 1 heterocycles. The van der Waals surface area contributed by atoms with Crippen molar-refractivity contribution in [2.75, 3.05) is 12.3 Å². The maximum absolute atomic E-state index is 11.8. The molecule has 0 aliphatic heterocycles. The van der Waals surface area contributed by atoms with Gasteiger partial charge in [0.2, 0.25) is 5.91 Å². The monoisotopic (exact) mass is 314 g/mol. The minimum Gasteiger partial charge on any atom is -0.355 e. The second kappa shape index (κ2) is 8.59. The number of rotatable bonds is 7. The van der Waals surface area contributed by atoms with Crippen molar-refractivity contribution < 1.29 is 4.79 Å². The zero-order chi connectivity index (χ0) is 15.8. The molecule has 0 radical (unpaired) electrons. The minimum absolute atomic E-state index is 0.0956. The highest BCUT2D eigenvalue weighted by Gasteiger charge is 2.03. The standard InChI is InChI=1S/C18H22N2OS/c1-14-8-15(2)10-17(9-14)12-22-13-18(21)20-7-5-16-4-3-6-19-11-16/h3-4,6,8-11H,5,7,12-13H2,1-2H3,(H,20,21). The lowest BCUT2D eigenvalue weighted by molar-refractivity contribution is -0.118. The Hall–Kier alpha value is -1.81. The predicted octanol–water partition coefficient (Wildman–Crippen LogP) is 3.29. The van der Waals surface area contributed by atoms with Gasteiger partial charge in [0.25, 0.3) is 0 Å². The van der Waals surface area contributed by atoms with E-state index < -0.39 is 0 Å². The van der Waals surface area contributed by atoms with Crippen molar-refractivity contribution in [1.29, 1.82) is 0 Å². The molecule has 116 valence electrons. The molecule has 0 fully saturated rings. The molecule has 0 atom stereocenters. The molecule has 1 amide bonds. The number of carbonyl (C=O) groups is 1. The van der Waals surface area contributed by atoms with Gasteiger partial charge in [0.1, 0.15) is 0 Å². The van der Waals surface area contributed by atoms with Gasteiger partial charge in [-0.3, -0.25) is 9.78 Å². The third-order valence-electron chi connectivity index (χ3n) is 3.24. The average molecular weight is 314 g/mol. The minimum atomic E-state index is 0.0956. The summed E-state index contributed by atoms with van der Waals surface area (Å²) in [6.07, 6.45) is 4.41. The Labute approximate surface area is 136 Å². The molecule has 1 aromatic carbocycles. The van der Waals surface area contributed by atoms with Crippen LogP contribution in [0.4, 0.5) is 0 Å². The highest BCUT2D eigenvalue weighted by atomic mass is 32.2. The van der Waals surface area contributed by atoms with E-state index in [1.165, 1.54) is 16.7 Å². The van der Waals surface area contributed by atoms with Gasteiger partial charge in [-0.25, -0.2) is 0 Å². The Morgan fingerprint density at radius 3 is 2.64 bits per heavy atom. The highest BCUT2D eigenvalue weighted by molar-refractivity contribution is 7.99. The Bertz CT molecular complexity index is 593. The van der Waals surface area contributed by atoms with Crippen LogP contribution in [0.25, 0.3) is 0 Å².